The molecule has 1 saturated heterocycles. The average molecular weight is 290 g/mol. The highest BCUT2D eigenvalue weighted by molar-refractivity contribution is 7.10. The van der Waals surface area contributed by atoms with Gasteiger partial charge in [-0.25, -0.2) is 9.98 Å². The van der Waals surface area contributed by atoms with Crippen LogP contribution in [0.2, 0.25) is 0 Å². The van der Waals surface area contributed by atoms with Crippen molar-refractivity contribution in [3.8, 4) is 0 Å². The lowest BCUT2D eigenvalue weighted by molar-refractivity contribution is -0.124. The van der Waals surface area contributed by atoms with Crippen molar-refractivity contribution in [1.82, 2.24) is 15.6 Å². The minimum Gasteiger partial charge on any atom is -0.313 e. The van der Waals surface area contributed by atoms with Crippen LogP contribution in [-0.2, 0) is 4.79 Å². The van der Waals surface area contributed by atoms with Gasteiger partial charge in [0, 0.05) is 23.5 Å². The zero-order chi connectivity index (χ0) is 14.1. The van der Waals surface area contributed by atoms with Gasteiger partial charge in [-0.2, -0.15) is 0 Å². The molecular formula is C14H18N4OS. The van der Waals surface area contributed by atoms with Crippen molar-refractivity contribution in [3.63, 3.8) is 0 Å². The highest BCUT2D eigenvalue weighted by atomic mass is 32.1. The number of nitrogens with one attached hydrogen (secondary N) is 2. The van der Waals surface area contributed by atoms with Crippen LogP contribution in [0.5, 0.6) is 0 Å². The summed E-state index contributed by atoms with van der Waals surface area (Å²) in [6.07, 6.45) is 4.65. The lowest BCUT2D eigenvalue weighted by Gasteiger charge is -2.33. The fourth-order valence-electron chi connectivity index (χ4n) is 2.37. The molecule has 3 rings (SSSR count). The number of aromatic nitrogens is 1. The number of allylic oxidation sites excluding steroid dienone is 1. The minimum absolute atomic E-state index is 0.0263. The Hall–Kier alpha value is -1.53. The molecule has 0 aliphatic carbocycles. The van der Waals surface area contributed by atoms with E-state index in [2.05, 4.69) is 33.6 Å². The van der Waals surface area contributed by atoms with Crippen LogP contribution in [0, 0.1) is 6.92 Å². The molecule has 2 atom stereocenters. The first-order valence-electron chi connectivity index (χ1n) is 6.89. The molecule has 20 heavy (non-hydrogen) atoms. The van der Waals surface area contributed by atoms with Crippen LogP contribution < -0.4 is 10.6 Å². The standard InChI is InChI=1S/C14H18N4OS/c1-8-6-11(15-8)13(19)18-12-5-3-4-10(17-12)14-16-9(2)7-20-14/h4,7-8,11,15H,3,5-6H2,1-2H3,(H,17,18,19). The van der Waals surface area contributed by atoms with Crippen molar-refractivity contribution in [3.05, 3.63) is 22.2 Å². The largest absolute Gasteiger partial charge is 0.313 e. The van der Waals surface area contributed by atoms with Gasteiger partial charge in [0.2, 0.25) is 5.91 Å². The van der Waals surface area contributed by atoms with Crippen molar-refractivity contribution in [1.29, 1.82) is 0 Å². The topological polar surface area (TPSA) is 66.4 Å². The van der Waals surface area contributed by atoms with E-state index in [1.54, 1.807) is 11.3 Å². The van der Waals surface area contributed by atoms with E-state index < -0.39 is 0 Å². The van der Waals surface area contributed by atoms with Crippen molar-refractivity contribution in [2.75, 3.05) is 0 Å². The molecule has 1 amide bonds. The SMILES string of the molecule is Cc1csc(C2=CCCC(NC(=O)C3CC(C)N3)=N2)n1. The Labute approximate surface area is 122 Å². The summed E-state index contributed by atoms with van der Waals surface area (Å²) in [6.45, 7) is 4.05. The Morgan fingerprint density at radius 3 is 3.00 bits per heavy atom. The fraction of sp³-hybridized carbons (Fsp3) is 0.500. The highest BCUT2D eigenvalue weighted by Gasteiger charge is 2.31. The number of nitrogens with zero attached hydrogens (tertiary/aromatic N) is 2. The number of hydrogen-bond donors (Lipinski definition) is 2. The third kappa shape index (κ3) is 2.81. The van der Waals surface area contributed by atoms with Crippen LogP contribution in [-0.4, -0.2) is 28.8 Å². The van der Waals surface area contributed by atoms with Crippen LogP contribution in [0.25, 0.3) is 5.70 Å². The Kier molecular flexibility index (Phi) is 3.67. The molecule has 106 valence electrons. The molecule has 6 heteroatoms. The second-order valence-corrected chi connectivity index (χ2v) is 6.18. The monoisotopic (exact) mass is 290 g/mol. The van der Waals surface area contributed by atoms with E-state index in [1.165, 1.54) is 0 Å². The van der Waals surface area contributed by atoms with Crippen LogP contribution in [0.4, 0.5) is 0 Å². The van der Waals surface area contributed by atoms with Gasteiger partial charge in [0.1, 0.15) is 10.8 Å². The van der Waals surface area contributed by atoms with E-state index in [9.17, 15) is 4.79 Å². The molecule has 2 N–H and O–H groups in total. The molecule has 1 fully saturated rings. The van der Waals surface area contributed by atoms with Crippen LogP contribution in [0.15, 0.2) is 16.4 Å². The number of carbonyl (C=O) groups is 1. The zero-order valence-electron chi connectivity index (χ0n) is 11.6. The molecule has 2 unspecified atom stereocenters. The molecule has 3 heterocycles. The number of aryl methyl sites for hydroxylation is 1. The van der Waals surface area contributed by atoms with Gasteiger partial charge in [-0.3, -0.25) is 4.79 Å². The smallest absolute Gasteiger partial charge is 0.242 e. The summed E-state index contributed by atoms with van der Waals surface area (Å²) in [7, 11) is 0. The molecule has 1 aromatic heterocycles. The third-order valence-corrected chi connectivity index (χ3v) is 4.45. The fourth-order valence-corrected chi connectivity index (χ4v) is 3.16. The lowest BCUT2D eigenvalue weighted by Crippen LogP contribution is -2.59. The predicted octanol–water partition coefficient (Wildman–Crippen LogP) is 1.85. The molecular weight excluding hydrogens is 272 g/mol. The molecule has 0 radical (unpaired) electrons. The number of amidine groups is 1. The first kappa shape index (κ1) is 13.5. The number of rotatable bonds is 2. The van der Waals surface area contributed by atoms with E-state index in [-0.39, 0.29) is 11.9 Å². The molecule has 2 aliphatic rings. The van der Waals surface area contributed by atoms with Gasteiger partial charge in [0.05, 0.1) is 11.7 Å². The first-order valence-corrected chi connectivity index (χ1v) is 7.77. The van der Waals surface area contributed by atoms with Gasteiger partial charge in [-0.15, -0.1) is 11.3 Å². The van der Waals surface area contributed by atoms with Gasteiger partial charge < -0.3 is 10.6 Å². The summed E-state index contributed by atoms with van der Waals surface area (Å²) in [5, 5.41) is 9.05. The average Bonchev–Trinajstić information content (AvgIpc) is 2.82. The Bertz CT molecular complexity index is 584. The van der Waals surface area contributed by atoms with Gasteiger partial charge in [-0.05, 0) is 26.7 Å². The summed E-state index contributed by atoms with van der Waals surface area (Å²) in [6, 6.07) is 0.372. The summed E-state index contributed by atoms with van der Waals surface area (Å²) in [4.78, 5) is 21.0. The molecule has 0 spiro atoms. The van der Waals surface area contributed by atoms with E-state index in [0.717, 1.165) is 41.5 Å². The van der Waals surface area contributed by atoms with Crippen LogP contribution >= 0.6 is 11.3 Å². The lowest BCUT2D eigenvalue weighted by atomic mass is 9.98. The summed E-state index contributed by atoms with van der Waals surface area (Å²) >= 11 is 1.59. The minimum atomic E-state index is -0.0656. The summed E-state index contributed by atoms with van der Waals surface area (Å²) < 4.78 is 0. The van der Waals surface area contributed by atoms with Crippen molar-refractivity contribution in [2.24, 2.45) is 4.99 Å². The van der Waals surface area contributed by atoms with E-state index >= 15 is 0 Å². The molecule has 2 aliphatic heterocycles. The number of aliphatic imine (C=N–C) groups is 1. The Balaban J connectivity index is 1.66. The maximum absolute atomic E-state index is 12.0. The highest BCUT2D eigenvalue weighted by Crippen LogP contribution is 2.24. The number of hydrogen-bond acceptors (Lipinski definition) is 5. The summed E-state index contributed by atoms with van der Waals surface area (Å²) in [5.41, 5.74) is 1.88. The maximum atomic E-state index is 12.0. The third-order valence-electron chi connectivity index (χ3n) is 3.47. The first-order chi connectivity index (χ1) is 9.61. The van der Waals surface area contributed by atoms with Crippen LogP contribution in [0.3, 0.4) is 0 Å². The number of carbonyl (C=O) groups excluding carboxylic acids is 1. The van der Waals surface area contributed by atoms with Gasteiger partial charge >= 0.3 is 0 Å². The Morgan fingerprint density at radius 1 is 1.55 bits per heavy atom. The van der Waals surface area contributed by atoms with Crippen molar-refractivity contribution in [2.45, 2.75) is 45.2 Å². The van der Waals surface area contributed by atoms with Crippen LogP contribution in [0.1, 0.15) is 36.9 Å². The zero-order valence-corrected chi connectivity index (χ0v) is 12.5. The van der Waals surface area contributed by atoms with Gasteiger partial charge in [0.25, 0.3) is 0 Å². The molecule has 0 aromatic carbocycles. The maximum Gasteiger partial charge on any atom is 0.242 e. The quantitative estimate of drug-likeness (QED) is 0.873. The summed E-state index contributed by atoms with van der Waals surface area (Å²) in [5.74, 6) is 0.778. The van der Waals surface area contributed by atoms with Crippen molar-refractivity contribution < 1.29 is 4.79 Å². The van der Waals surface area contributed by atoms with Gasteiger partial charge in [-0.1, -0.05) is 6.08 Å². The number of thiazole rings is 1. The van der Waals surface area contributed by atoms with Crippen molar-refractivity contribution >= 4 is 28.8 Å². The van der Waals surface area contributed by atoms with E-state index in [4.69, 9.17) is 0 Å². The number of amides is 1. The van der Waals surface area contributed by atoms with E-state index in [0.29, 0.717) is 6.04 Å². The normalized spacial score (nSPS) is 25.5. The second kappa shape index (κ2) is 5.46. The van der Waals surface area contributed by atoms with Gasteiger partial charge in [0.15, 0.2) is 0 Å². The molecule has 1 aromatic rings. The molecule has 0 saturated carbocycles. The Morgan fingerprint density at radius 2 is 2.35 bits per heavy atom. The predicted molar refractivity (Wildman–Crippen MR) is 80.6 cm³/mol. The molecule has 5 nitrogen and oxygen atoms in total. The van der Waals surface area contributed by atoms with E-state index in [1.807, 2.05) is 12.3 Å². The second-order valence-electron chi connectivity index (χ2n) is 5.33. The molecule has 0 bridgehead atoms.